The maximum atomic E-state index is 3.44. The van der Waals surface area contributed by atoms with Gasteiger partial charge in [-0.3, -0.25) is 4.90 Å². The lowest BCUT2D eigenvalue weighted by Gasteiger charge is -2.55. The van der Waals surface area contributed by atoms with Crippen LogP contribution in [0.4, 0.5) is 0 Å². The molecule has 116 valence electrons. The van der Waals surface area contributed by atoms with Crippen LogP contribution in [0, 0.1) is 10.8 Å². The van der Waals surface area contributed by atoms with Gasteiger partial charge < -0.3 is 10.2 Å². The summed E-state index contributed by atoms with van der Waals surface area (Å²) in [7, 11) is 0. The first-order valence-corrected chi connectivity index (χ1v) is 8.99. The van der Waals surface area contributed by atoms with E-state index in [0.717, 1.165) is 0 Å². The summed E-state index contributed by atoms with van der Waals surface area (Å²) in [6.45, 7) is 17.4. The lowest BCUT2D eigenvalue weighted by Crippen LogP contribution is -2.61. The normalized spacial score (nSPS) is 41.0. The Hall–Kier alpha value is 0.570. The molecule has 0 aromatic carbocycles. The molecular formula is C15H29IN4. The van der Waals surface area contributed by atoms with Gasteiger partial charge in [0.15, 0.2) is 0 Å². The molecule has 0 spiro atoms. The van der Waals surface area contributed by atoms with Gasteiger partial charge in [0, 0.05) is 88.3 Å². The third-order valence-electron chi connectivity index (χ3n) is 5.11. The molecule has 4 nitrogen and oxygen atoms in total. The summed E-state index contributed by atoms with van der Waals surface area (Å²) in [5, 5.41) is 3.44. The second-order valence-electron chi connectivity index (χ2n) is 7.88. The fourth-order valence-electron chi connectivity index (χ4n) is 4.75. The highest BCUT2D eigenvalue weighted by Crippen LogP contribution is 2.46. The highest BCUT2D eigenvalue weighted by molar-refractivity contribution is 14.1. The number of fused-ring (bicyclic) bond motifs is 2. The Morgan fingerprint density at radius 3 is 2.05 bits per heavy atom. The van der Waals surface area contributed by atoms with Gasteiger partial charge in [-0.25, -0.2) is 3.11 Å². The van der Waals surface area contributed by atoms with Crippen molar-refractivity contribution in [2.75, 3.05) is 65.4 Å². The number of halogens is 1. The Labute approximate surface area is 137 Å². The summed E-state index contributed by atoms with van der Waals surface area (Å²) in [6.07, 6.45) is 1.41. The number of hydrogen-bond donors (Lipinski definition) is 1. The van der Waals surface area contributed by atoms with E-state index in [4.69, 9.17) is 0 Å². The van der Waals surface area contributed by atoms with E-state index in [1.807, 2.05) is 0 Å². The second kappa shape index (κ2) is 5.99. The van der Waals surface area contributed by atoms with Crippen molar-refractivity contribution in [1.82, 2.24) is 18.2 Å². The first kappa shape index (κ1) is 15.5. The highest BCUT2D eigenvalue weighted by Gasteiger charge is 2.47. The van der Waals surface area contributed by atoms with Crippen LogP contribution in [-0.2, 0) is 0 Å². The summed E-state index contributed by atoms with van der Waals surface area (Å²) < 4.78 is 2.52. The average Bonchev–Trinajstić information content (AvgIpc) is 2.34. The lowest BCUT2D eigenvalue weighted by molar-refractivity contribution is -0.0434. The fourth-order valence-corrected chi connectivity index (χ4v) is 6.40. The predicted octanol–water partition coefficient (Wildman–Crippen LogP) is 1.28. The van der Waals surface area contributed by atoms with Gasteiger partial charge in [-0.15, -0.1) is 0 Å². The van der Waals surface area contributed by atoms with Gasteiger partial charge >= 0.3 is 0 Å². The Morgan fingerprint density at radius 1 is 0.900 bits per heavy atom. The molecule has 2 unspecified atom stereocenters. The third-order valence-corrected chi connectivity index (χ3v) is 5.80. The van der Waals surface area contributed by atoms with E-state index < -0.39 is 0 Å². The third kappa shape index (κ3) is 3.66. The van der Waals surface area contributed by atoms with E-state index >= 15 is 0 Å². The van der Waals surface area contributed by atoms with Crippen LogP contribution in [0.3, 0.4) is 0 Å². The zero-order chi connectivity index (χ0) is 14.2. The molecule has 0 amide bonds. The number of nitrogens with zero attached hydrogens (tertiary/aromatic N) is 3. The molecule has 2 bridgehead atoms. The van der Waals surface area contributed by atoms with Crippen LogP contribution in [-0.4, -0.2) is 78.4 Å². The topological polar surface area (TPSA) is 21.8 Å². The number of piperidine rings is 2. The maximum absolute atomic E-state index is 3.44. The summed E-state index contributed by atoms with van der Waals surface area (Å²) >= 11 is 2.53. The predicted molar refractivity (Wildman–Crippen MR) is 92.2 cm³/mol. The Morgan fingerprint density at radius 2 is 1.45 bits per heavy atom. The monoisotopic (exact) mass is 392 g/mol. The Balaban J connectivity index is 1.56. The number of likely N-dealkylation sites (tertiary alicyclic amines) is 1. The van der Waals surface area contributed by atoms with E-state index in [1.54, 1.807) is 0 Å². The zero-order valence-corrected chi connectivity index (χ0v) is 15.2. The van der Waals surface area contributed by atoms with E-state index in [0.29, 0.717) is 10.8 Å². The molecule has 1 N–H and O–H groups in total. The molecule has 3 heterocycles. The first-order chi connectivity index (χ1) is 9.46. The number of rotatable bonds is 3. The van der Waals surface area contributed by atoms with Gasteiger partial charge in [-0.05, 0) is 17.3 Å². The van der Waals surface area contributed by atoms with E-state index in [9.17, 15) is 0 Å². The average molecular weight is 392 g/mol. The molecule has 5 heteroatoms. The van der Waals surface area contributed by atoms with Crippen LogP contribution < -0.4 is 5.32 Å². The molecule has 3 aliphatic rings. The first-order valence-electron chi connectivity index (χ1n) is 8.03. The molecule has 3 rings (SSSR count). The Kier molecular flexibility index (Phi) is 4.63. The lowest BCUT2D eigenvalue weighted by atomic mass is 9.66. The quantitative estimate of drug-likeness (QED) is 0.577. The molecule has 3 fully saturated rings. The minimum absolute atomic E-state index is 0.496. The van der Waals surface area contributed by atoms with Gasteiger partial charge in [0.25, 0.3) is 0 Å². The smallest absolute Gasteiger partial charge is 0.0201 e. The summed E-state index contributed by atoms with van der Waals surface area (Å²) in [6, 6.07) is 0. The van der Waals surface area contributed by atoms with Gasteiger partial charge in [-0.2, -0.15) is 0 Å². The van der Waals surface area contributed by atoms with Gasteiger partial charge in [0.2, 0.25) is 0 Å². The van der Waals surface area contributed by atoms with Crippen LogP contribution in [0.5, 0.6) is 0 Å². The number of piperazine rings is 1. The summed E-state index contributed by atoms with van der Waals surface area (Å²) in [5.74, 6) is 0. The molecule has 0 aromatic heterocycles. The van der Waals surface area contributed by atoms with Crippen molar-refractivity contribution < 1.29 is 0 Å². The standard InChI is InChI=1S/C15H29IN4/c1-14-9-15(2,13-20(16)12-14)11-19(10-14)8-7-18-5-3-17-4-6-18/h17H,3-13H2,1-2H3. The van der Waals surface area contributed by atoms with Crippen LogP contribution in [0.2, 0.25) is 0 Å². The zero-order valence-electron chi connectivity index (χ0n) is 13.0. The molecular weight excluding hydrogens is 363 g/mol. The largest absolute Gasteiger partial charge is 0.314 e. The van der Waals surface area contributed by atoms with Crippen molar-refractivity contribution in [2.24, 2.45) is 10.8 Å². The molecule has 3 aliphatic heterocycles. The minimum atomic E-state index is 0.496. The van der Waals surface area contributed by atoms with Crippen LogP contribution >= 0.6 is 22.9 Å². The molecule has 2 atom stereocenters. The fraction of sp³-hybridized carbons (Fsp3) is 1.00. The van der Waals surface area contributed by atoms with E-state index in [2.05, 4.69) is 54.9 Å². The van der Waals surface area contributed by atoms with E-state index in [-0.39, 0.29) is 0 Å². The second-order valence-corrected chi connectivity index (χ2v) is 9.24. The van der Waals surface area contributed by atoms with Crippen LogP contribution in [0.15, 0.2) is 0 Å². The van der Waals surface area contributed by atoms with Crippen molar-refractivity contribution in [2.45, 2.75) is 20.3 Å². The Bertz CT molecular complexity index is 327. The van der Waals surface area contributed by atoms with Crippen molar-refractivity contribution in [3.63, 3.8) is 0 Å². The minimum Gasteiger partial charge on any atom is -0.314 e. The molecule has 0 saturated carbocycles. The van der Waals surface area contributed by atoms with Gasteiger partial charge in [0.05, 0.1) is 0 Å². The van der Waals surface area contributed by atoms with Crippen molar-refractivity contribution in [3.8, 4) is 0 Å². The van der Waals surface area contributed by atoms with Crippen LogP contribution in [0.1, 0.15) is 20.3 Å². The van der Waals surface area contributed by atoms with Gasteiger partial charge in [0.1, 0.15) is 0 Å². The van der Waals surface area contributed by atoms with Crippen molar-refractivity contribution >= 4 is 22.9 Å². The summed E-state index contributed by atoms with van der Waals surface area (Å²) in [5.41, 5.74) is 0.992. The summed E-state index contributed by atoms with van der Waals surface area (Å²) in [4.78, 5) is 5.37. The SMILES string of the molecule is CC12CN(I)CC(C)(CN(CCN3CCNCC3)C1)C2. The van der Waals surface area contributed by atoms with E-state index in [1.165, 1.54) is 71.9 Å². The molecule has 0 aliphatic carbocycles. The van der Waals surface area contributed by atoms with Crippen LogP contribution in [0.25, 0.3) is 0 Å². The number of hydrogen-bond acceptors (Lipinski definition) is 4. The molecule has 0 radical (unpaired) electrons. The molecule has 20 heavy (non-hydrogen) atoms. The molecule has 0 aromatic rings. The molecule has 3 saturated heterocycles. The van der Waals surface area contributed by atoms with Crippen molar-refractivity contribution in [3.05, 3.63) is 0 Å². The maximum Gasteiger partial charge on any atom is 0.0201 e. The number of nitrogens with one attached hydrogen (secondary N) is 1. The van der Waals surface area contributed by atoms with Crippen molar-refractivity contribution in [1.29, 1.82) is 0 Å². The highest BCUT2D eigenvalue weighted by atomic mass is 127. The van der Waals surface area contributed by atoms with Gasteiger partial charge in [-0.1, -0.05) is 13.8 Å².